The Bertz CT molecular complexity index is 424. The van der Waals surface area contributed by atoms with Gasteiger partial charge in [-0.15, -0.1) is 0 Å². The summed E-state index contributed by atoms with van der Waals surface area (Å²) in [5.74, 6) is 0.319. The molecule has 0 spiro atoms. The molecule has 6 heteroatoms. The first-order chi connectivity index (χ1) is 9.15. The number of nitro groups is 1. The van der Waals surface area contributed by atoms with Crippen LogP contribution in [0.4, 0.5) is 11.4 Å². The van der Waals surface area contributed by atoms with E-state index in [2.05, 4.69) is 0 Å². The largest absolute Gasteiger partial charge is 0.487 e. The molecule has 6 nitrogen and oxygen atoms in total. The van der Waals surface area contributed by atoms with Crippen molar-refractivity contribution in [2.45, 2.75) is 20.3 Å². The van der Waals surface area contributed by atoms with Crippen LogP contribution in [0.3, 0.4) is 0 Å². The Hall–Kier alpha value is -1.82. The monoisotopic (exact) mass is 267 g/mol. The van der Waals surface area contributed by atoms with Crippen molar-refractivity contribution in [1.29, 1.82) is 0 Å². The molecule has 0 unspecified atom stereocenters. The van der Waals surface area contributed by atoms with Gasteiger partial charge in [-0.05, 0) is 25.5 Å². The third kappa shape index (κ3) is 3.82. The molecule has 0 fully saturated rings. The van der Waals surface area contributed by atoms with E-state index in [-0.39, 0.29) is 10.6 Å². The fourth-order valence-corrected chi connectivity index (χ4v) is 1.88. The summed E-state index contributed by atoms with van der Waals surface area (Å²) in [7, 11) is 0. The SMILES string of the molecule is CCCOc1cccc(N(CC)CCN)c1[N+](=O)[O-]. The number of para-hydroxylation sites is 1. The molecule has 0 amide bonds. The van der Waals surface area contributed by atoms with E-state index in [1.54, 1.807) is 18.2 Å². The van der Waals surface area contributed by atoms with Gasteiger partial charge in [-0.25, -0.2) is 0 Å². The van der Waals surface area contributed by atoms with Gasteiger partial charge in [-0.1, -0.05) is 13.0 Å². The Balaban J connectivity index is 3.18. The summed E-state index contributed by atoms with van der Waals surface area (Å²) in [6.07, 6.45) is 0.807. The topological polar surface area (TPSA) is 81.6 Å². The van der Waals surface area contributed by atoms with Gasteiger partial charge >= 0.3 is 5.69 Å². The van der Waals surface area contributed by atoms with E-state index in [1.165, 1.54) is 0 Å². The minimum atomic E-state index is -0.389. The highest BCUT2D eigenvalue weighted by Gasteiger charge is 2.24. The zero-order chi connectivity index (χ0) is 14.3. The summed E-state index contributed by atoms with van der Waals surface area (Å²) in [5.41, 5.74) is 6.13. The third-order valence-corrected chi connectivity index (χ3v) is 2.74. The van der Waals surface area contributed by atoms with E-state index in [9.17, 15) is 10.1 Å². The molecule has 1 aromatic rings. The van der Waals surface area contributed by atoms with Crippen LogP contribution in [0.25, 0.3) is 0 Å². The molecule has 0 aliphatic rings. The normalized spacial score (nSPS) is 10.3. The lowest BCUT2D eigenvalue weighted by Gasteiger charge is -2.22. The van der Waals surface area contributed by atoms with Crippen molar-refractivity contribution in [1.82, 2.24) is 0 Å². The quantitative estimate of drug-likeness (QED) is 0.576. The molecule has 2 N–H and O–H groups in total. The lowest BCUT2D eigenvalue weighted by Crippen LogP contribution is -2.29. The fraction of sp³-hybridized carbons (Fsp3) is 0.538. The molecule has 19 heavy (non-hydrogen) atoms. The van der Waals surface area contributed by atoms with Gasteiger partial charge in [0.15, 0.2) is 5.75 Å². The second-order valence-electron chi connectivity index (χ2n) is 4.10. The van der Waals surface area contributed by atoms with Gasteiger partial charge in [0.1, 0.15) is 5.69 Å². The van der Waals surface area contributed by atoms with E-state index in [0.29, 0.717) is 37.7 Å². The van der Waals surface area contributed by atoms with Gasteiger partial charge < -0.3 is 15.4 Å². The van der Waals surface area contributed by atoms with Crippen LogP contribution in [0.1, 0.15) is 20.3 Å². The van der Waals surface area contributed by atoms with Gasteiger partial charge in [-0.3, -0.25) is 10.1 Å². The van der Waals surface area contributed by atoms with E-state index in [4.69, 9.17) is 10.5 Å². The van der Waals surface area contributed by atoms with Crippen molar-refractivity contribution in [3.63, 3.8) is 0 Å². The molecule has 0 aliphatic carbocycles. The molecular formula is C13H21N3O3. The third-order valence-electron chi connectivity index (χ3n) is 2.74. The Morgan fingerprint density at radius 1 is 1.42 bits per heavy atom. The number of nitrogens with zero attached hydrogens (tertiary/aromatic N) is 2. The zero-order valence-electron chi connectivity index (χ0n) is 11.5. The van der Waals surface area contributed by atoms with Crippen LogP contribution in [0.5, 0.6) is 5.75 Å². The predicted octanol–water partition coefficient (Wildman–Crippen LogP) is 2.17. The van der Waals surface area contributed by atoms with Crippen LogP contribution in [-0.4, -0.2) is 31.2 Å². The summed E-state index contributed by atoms with van der Waals surface area (Å²) in [4.78, 5) is 12.8. The molecule has 0 saturated carbocycles. The molecule has 106 valence electrons. The maximum atomic E-state index is 11.3. The predicted molar refractivity (Wildman–Crippen MR) is 75.8 cm³/mol. The van der Waals surface area contributed by atoms with Gasteiger partial charge in [0.05, 0.1) is 11.5 Å². The van der Waals surface area contributed by atoms with E-state index >= 15 is 0 Å². The Morgan fingerprint density at radius 3 is 2.68 bits per heavy atom. The van der Waals surface area contributed by atoms with Gasteiger partial charge in [0.25, 0.3) is 0 Å². The second-order valence-corrected chi connectivity index (χ2v) is 4.10. The molecule has 0 heterocycles. The molecule has 0 saturated heterocycles. The average Bonchev–Trinajstić information content (AvgIpc) is 2.41. The van der Waals surface area contributed by atoms with Crippen LogP contribution in [0, 0.1) is 10.1 Å². The molecule has 0 bridgehead atoms. The smallest absolute Gasteiger partial charge is 0.333 e. The molecular weight excluding hydrogens is 246 g/mol. The first kappa shape index (κ1) is 15.2. The average molecular weight is 267 g/mol. The number of ether oxygens (including phenoxy) is 1. The molecule has 1 rings (SSSR count). The highest BCUT2D eigenvalue weighted by atomic mass is 16.6. The lowest BCUT2D eigenvalue weighted by atomic mass is 10.2. The van der Waals surface area contributed by atoms with Crippen LogP contribution >= 0.6 is 0 Å². The van der Waals surface area contributed by atoms with Crippen LogP contribution in [0.15, 0.2) is 18.2 Å². The highest BCUT2D eigenvalue weighted by Crippen LogP contribution is 2.37. The molecule has 1 aromatic carbocycles. The second kappa shape index (κ2) is 7.58. The van der Waals surface area contributed by atoms with Gasteiger partial charge in [0.2, 0.25) is 0 Å². The van der Waals surface area contributed by atoms with Crippen molar-refractivity contribution in [2.75, 3.05) is 31.1 Å². The van der Waals surface area contributed by atoms with Crippen molar-refractivity contribution < 1.29 is 9.66 Å². The fourth-order valence-electron chi connectivity index (χ4n) is 1.88. The van der Waals surface area contributed by atoms with Crippen molar-refractivity contribution in [3.8, 4) is 5.75 Å². The standard InChI is InChI=1S/C13H21N3O3/c1-3-10-19-12-7-5-6-11(13(12)16(17)18)15(4-2)9-8-14/h5-7H,3-4,8-10,14H2,1-2H3. The van der Waals surface area contributed by atoms with Crippen molar-refractivity contribution >= 4 is 11.4 Å². The summed E-state index contributed by atoms with van der Waals surface area (Å²) >= 11 is 0. The first-order valence-corrected chi connectivity index (χ1v) is 6.50. The Kier molecular flexibility index (Phi) is 6.08. The lowest BCUT2D eigenvalue weighted by molar-refractivity contribution is -0.385. The number of rotatable bonds is 8. The number of likely N-dealkylation sites (N-methyl/N-ethyl adjacent to an activating group) is 1. The number of hydrogen-bond acceptors (Lipinski definition) is 5. The van der Waals surface area contributed by atoms with Crippen LogP contribution in [0.2, 0.25) is 0 Å². The molecule has 0 atom stereocenters. The van der Waals surface area contributed by atoms with E-state index in [0.717, 1.165) is 6.42 Å². The summed E-state index contributed by atoms with van der Waals surface area (Å²) in [5, 5.41) is 11.3. The highest BCUT2D eigenvalue weighted by molar-refractivity contribution is 5.69. The first-order valence-electron chi connectivity index (χ1n) is 6.50. The van der Waals surface area contributed by atoms with Gasteiger partial charge in [0, 0.05) is 19.6 Å². The number of anilines is 1. The minimum Gasteiger partial charge on any atom is -0.487 e. The van der Waals surface area contributed by atoms with Crippen LogP contribution in [-0.2, 0) is 0 Å². The molecule has 0 aliphatic heterocycles. The van der Waals surface area contributed by atoms with Gasteiger partial charge in [-0.2, -0.15) is 0 Å². The summed E-state index contributed by atoms with van der Waals surface area (Å²) in [6.45, 7) is 6.06. The molecule has 0 radical (unpaired) electrons. The zero-order valence-corrected chi connectivity index (χ0v) is 11.5. The summed E-state index contributed by atoms with van der Waals surface area (Å²) in [6, 6.07) is 5.14. The maximum absolute atomic E-state index is 11.3. The number of nitrogens with two attached hydrogens (primary N) is 1. The van der Waals surface area contributed by atoms with E-state index < -0.39 is 0 Å². The maximum Gasteiger partial charge on any atom is 0.333 e. The number of hydrogen-bond donors (Lipinski definition) is 1. The summed E-state index contributed by atoms with van der Waals surface area (Å²) < 4.78 is 5.46. The molecule has 0 aromatic heterocycles. The number of nitro benzene ring substituents is 1. The minimum absolute atomic E-state index is 0.0197. The van der Waals surface area contributed by atoms with Crippen molar-refractivity contribution in [3.05, 3.63) is 28.3 Å². The van der Waals surface area contributed by atoms with Crippen LogP contribution < -0.4 is 15.4 Å². The Labute approximate surface area is 113 Å². The Morgan fingerprint density at radius 2 is 2.16 bits per heavy atom. The number of benzene rings is 1. The van der Waals surface area contributed by atoms with Crippen molar-refractivity contribution in [2.24, 2.45) is 5.73 Å². The van der Waals surface area contributed by atoms with E-state index in [1.807, 2.05) is 18.7 Å².